The van der Waals surface area contributed by atoms with E-state index in [4.69, 9.17) is 11.6 Å². The van der Waals surface area contributed by atoms with Gasteiger partial charge < -0.3 is 0 Å². The molecule has 5 nitrogen and oxygen atoms in total. The zero-order valence-corrected chi connectivity index (χ0v) is 9.31. The van der Waals surface area contributed by atoms with Crippen LogP contribution in [0.1, 0.15) is 18.5 Å². The molecule has 2 aromatic heterocycles. The fraction of sp³-hybridized carbons (Fsp3) is 0.500. The zero-order valence-electron chi connectivity index (χ0n) is 8.56. The van der Waals surface area contributed by atoms with Gasteiger partial charge in [-0.15, -0.1) is 11.6 Å². The summed E-state index contributed by atoms with van der Waals surface area (Å²) in [5.41, 5.74) is 1.21. The van der Waals surface area contributed by atoms with Gasteiger partial charge in [-0.2, -0.15) is 5.10 Å². The van der Waals surface area contributed by atoms with Crippen LogP contribution in [0.5, 0.6) is 0 Å². The molecule has 0 saturated heterocycles. The van der Waals surface area contributed by atoms with Crippen LogP contribution in [0.3, 0.4) is 0 Å². The van der Waals surface area contributed by atoms with Crippen molar-refractivity contribution in [3.8, 4) is 0 Å². The highest BCUT2D eigenvalue weighted by molar-refractivity contribution is 6.21. The van der Waals surface area contributed by atoms with Crippen molar-refractivity contribution in [1.82, 2.24) is 19.6 Å². The minimum atomic E-state index is -0.265. The van der Waals surface area contributed by atoms with Crippen molar-refractivity contribution in [1.29, 1.82) is 0 Å². The van der Waals surface area contributed by atoms with Crippen LogP contribution in [0.25, 0.3) is 5.65 Å². The van der Waals surface area contributed by atoms with E-state index in [0.29, 0.717) is 11.6 Å². The molecule has 0 bridgehead atoms. The number of hydrogen-bond donors (Lipinski definition) is 1. The van der Waals surface area contributed by atoms with Gasteiger partial charge in [0, 0.05) is 23.6 Å². The van der Waals surface area contributed by atoms with Crippen molar-refractivity contribution < 1.29 is 0 Å². The molecule has 1 atom stereocenters. The van der Waals surface area contributed by atoms with E-state index in [1.807, 2.05) is 0 Å². The second-order valence-electron chi connectivity index (χ2n) is 4.19. The van der Waals surface area contributed by atoms with Gasteiger partial charge in [0.2, 0.25) is 0 Å². The van der Waals surface area contributed by atoms with Gasteiger partial charge in [0.25, 0.3) is 0 Å². The Morgan fingerprint density at radius 3 is 3.19 bits per heavy atom. The highest BCUT2D eigenvalue weighted by atomic mass is 35.5. The summed E-state index contributed by atoms with van der Waals surface area (Å²) in [6.45, 7) is 0. The van der Waals surface area contributed by atoms with Crippen LogP contribution in [0.4, 0.5) is 0 Å². The van der Waals surface area contributed by atoms with Gasteiger partial charge in [0.05, 0.1) is 0 Å². The van der Waals surface area contributed by atoms with Gasteiger partial charge in [-0.05, 0) is 18.8 Å². The summed E-state index contributed by atoms with van der Waals surface area (Å²) in [6, 6.07) is 1.80. The number of hydrogen-bond acceptors (Lipinski definition) is 3. The monoisotopic (exact) mass is 238 g/mol. The van der Waals surface area contributed by atoms with Gasteiger partial charge in [0.1, 0.15) is 6.33 Å². The first-order chi connectivity index (χ1) is 7.74. The third-order valence-corrected chi connectivity index (χ3v) is 3.41. The van der Waals surface area contributed by atoms with Crippen LogP contribution in [0.2, 0.25) is 0 Å². The summed E-state index contributed by atoms with van der Waals surface area (Å²) >= 11 is 6.23. The van der Waals surface area contributed by atoms with Gasteiger partial charge >= 0.3 is 5.69 Å². The summed E-state index contributed by atoms with van der Waals surface area (Å²) in [5, 5.41) is 6.42. The molecular formula is C10H11ClN4O. The highest BCUT2D eigenvalue weighted by Gasteiger charge is 2.29. The SMILES string of the molecule is O=c1[nH]nc2cc(CC(Cl)C3CC3)ncn12. The Balaban J connectivity index is 1.89. The van der Waals surface area contributed by atoms with Crippen LogP contribution in [0, 0.1) is 5.92 Å². The maximum absolute atomic E-state index is 11.2. The Bertz CT molecular complexity index is 571. The summed E-state index contributed by atoms with van der Waals surface area (Å²) in [5.74, 6) is 0.640. The number of aromatic nitrogens is 4. The van der Waals surface area contributed by atoms with Crippen LogP contribution in [-0.4, -0.2) is 25.0 Å². The van der Waals surface area contributed by atoms with E-state index in [2.05, 4.69) is 15.2 Å². The fourth-order valence-electron chi connectivity index (χ4n) is 1.78. The van der Waals surface area contributed by atoms with Crippen molar-refractivity contribution in [3.63, 3.8) is 0 Å². The Hall–Kier alpha value is -1.36. The van der Waals surface area contributed by atoms with Gasteiger partial charge in [-0.1, -0.05) is 0 Å². The first-order valence-corrected chi connectivity index (χ1v) is 5.73. The molecule has 1 aliphatic carbocycles. The van der Waals surface area contributed by atoms with Crippen molar-refractivity contribution in [2.24, 2.45) is 5.92 Å². The maximum atomic E-state index is 11.2. The second-order valence-corrected chi connectivity index (χ2v) is 4.76. The maximum Gasteiger partial charge on any atom is 0.348 e. The number of nitrogens with one attached hydrogen (secondary N) is 1. The zero-order chi connectivity index (χ0) is 11.1. The third kappa shape index (κ3) is 1.71. The summed E-state index contributed by atoms with van der Waals surface area (Å²) in [7, 11) is 0. The third-order valence-electron chi connectivity index (χ3n) is 2.90. The normalized spacial score (nSPS) is 17.8. The summed E-state index contributed by atoms with van der Waals surface area (Å²) in [4.78, 5) is 15.4. The van der Waals surface area contributed by atoms with E-state index in [9.17, 15) is 4.79 Å². The predicted molar refractivity (Wildman–Crippen MR) is 59.7 cm³/mol. The topological polar surface area (TPSA) is 63.0 Å². The van der Waals surface area contributed by atoms with Crippen molar-refractivity contribution in [2.45, 2.75) is 24.6 Å². The van der Waals surface area contributed by atoms with Crippen molar-refractivity contribution >= 4 is 17.2 Å². The smallest absolute Gasteiger partial charge is 0.246 e. The molecule has 0 spiro atoms. The first-order valence-electron chi connectivity index (χ1n) is 5.30. The van der Waals surface area contributed by atoms with Crippen LogP contribution >= 0.6 is 11.6 Å². The lowest BCUT2D eigenvalue weighted by Crippen LogP contribution is -2.11. The molecule has 0 amide bonds. The van der Waals surface area contributed by atoms with E-state index in [-0.39, 0.29) is 11.1 Å². The Kier molecular flexibility index (Phi) is 2.21. The van der Waals surface area contributed by atoms with Crippen molar-refractivity contribution in [3.05, 3.63) is 28.6 Å². The van der Waals surface area contributed by atoms with E-state index >= 15 is 0 Å². The number of fused-ring (bicyclic) bond motifs is 1. The molecule has 0 aromatic carbocycles. The molecule has 1 saturated carbocycles. The lowest BCUT2D eigenvalue weighted by Gasteiger charge is -2.06. The quantitative estimate of drug-likeness (QED) is 0.811. The first kappa shape index (κ1) is 9.84. The van der Waals surface area contributed by atoms with Gasteiger partial charge in [-0.25, -0.2) is 19.3 Å². The van der Waals surface area contributed by atoms with E-state index in [1.165, 1.54) is 23.6 Å². The van der Waals surface area contributed by atoms with Crippen LogP contribution < -0.4 is 5.69 Å². The second kappa shape index (κ2) is 3.59. The standard InChI is InChI=1S/C10H11ClN4O/c11-8(6-1-2-6)3-7-4-9-13-14-10(16)15(9)5-12-7/h4-6,8H,1-3H2,(H,14,16). The molecule has 0 radical (unpaired) electrons. The summed E-state index contributed by atoms with van der Waals surface area (Å²) in [6.07, 6.45) is 4.67. The number of rotatable bonds is 3. The van der Waals surface area contributed by atoms with Crippen molar-refractivity contribution in [2.75, 3.05) is 0 Å². The Morgan fingerprint density at radius 1 is 1.62 bits per heavy atom. The van der Waals surface area contributed by atoms with E-state index in [0.717, 1.165) is 12.1 Å². The highest BCUT2D eigenvalue weighted by Crippen LogP contribution is 2.36. The predicted octanol–water partition coefficient (Wildman–Crippen LogP) is 0.977. The molecule has 0 aliphatic heterocycles. The molecule has 1 N–H and O–H groups in total. The molecule has 1 fully saturated rings. The minimum Gasteiger partial charge on any atom is -0.246 e. The number of alkyl halides is 1. The van der Waals surface area contributed by atoms with Crippen LogP contribution in [-0.2, 0) is 6.42 Å². The molecule has 84 valence electrons. The molecule has 6 heteroatoms. The molecule has 2 aromatic rings. The van der Waals surface area contributed by atoms with E-state index < -0.39 is 0 Å². The average molecular weight is 239 g/mol. The number of halogens is 1. The molecule has 16 heavy (non-hydrogen) atoms. The van der Waals surface area contributed by atoms with Gasteiger partial charge in [0.15, 0.2) is 5.65 Å². The molecule has 1 unspecified atom stereocenters. The number of aromatic amines is 1. The number of nitrogens with zero attached hydrogens (tertiary/aromatic N) is 3. The van der Waals surface area contributed by atoms with E-state index in [1.54, 1.807) is 6.07 Å². The fourth-order valence-corrected chi connectivity index (χ4v) is 2.19. The average Bonchev–Trinajstić information content (AvgIpc) is 3.05. The van der Waals surface area contributed by atoms with Gasteiger partial charge in [-0.3, -0.25) is 0 Å². The molecule has 2 heterocycles. The molecule has 1 aliphatic rings. The number of H-pyrrole nitrogens is 1. The van der Waals surface area contributed by atoms with Crippen LogP contribution in [0.15, 0.2) is 17.2 Å². The Morgan fingerprint density at radius 2 is 2.44 bits per heavy atom. The largest absolute Gasteiger partial charge is 0.348 e. The minimum absolute atomic E-state index is 0.153. The summed E-state index contributed by atoms with van der Waals surface area (Å²) < 4.78 is 1.38. The lowest BCUT2D eigenvalue weighted by molar-refractivity contribution is 0.721. The lowest BCUT2D eigenvalue weighted by atomic mass is 10.1. The molecule has 3 rings (SSSR count). The Labute approximate surface area is 96.5 Å². The molecular weight excluding hydrogens is 228 g/mol.